The number of nitrogens with two attached hydrogens (primary N) is 2. The Morgan fingerprint density at radius 3 is 1.15 bits per heavy atom. The van der Waals surface area contributed by atoms with Crippen molar-refractivity contribution in [3.05, 3.63) is 162 Å². The van der Waals surface area contributed by atoms with E-state index in [0.717, 1.165) is 75.1 Å². The second kappa shape index (κ2) is 17.4. The summed E-state index contributed by atoms with van der Waals surface area (Å²) in [5, 5.41) is 0. The van der Waals surface area contributed by atoms with Crippen molar-refractivity contribution in [1.82, 2.24) is 0 Å². The molecule has 9 rings (SSSR count). The van der Waals surface area contributed by atoms with Gasteiger partial charge in [-0.05, 0) is 276 Å². The molecule has 0 atom stereocenters. The summed E-state index contributed by atoms with van der Waals surface area (Å²) in [6.07, 6.45) is 0. The fraction of sp³-hybridized carbons (Fsp3) is 0.0213. The summed E-state index contributed by atoms with van der Waals surface area (Å²) in [6.45, 7) is 1.96. The maximum Gasteiger partial charge on any atom is 0.266 e. The predicted molar refractivity (Wildman–Crippen MR) is 306 cm³/mol. The summed E-state index contributed by atoms with van der Waals surface area (Å²) in [6, 6.07) is 33.9. The van der Waals surface area contributed by atoms with Crippen LogP contribution in [0.4, 0.5) is 22.7 Å². The van der Waals surface area contributed by atoms with Gasteiger partial charge >= 0.3 is 0 Å². The van der Waals surface area contributed by atoms with E-state index in [-0.39, 0.29) is 23.6 Å². The van der Waals surface area contributed by atoms with Crippen LogP contribution in [0.15, 0.2) is 109 Å². The third-order valence-corrected chi connectivity index (χ3v) is 20.4. The van der Waals surface area contributed by atoms with Crippen molar-refractivity contribution in [2.45, 2.75) is 6.92 Å². The highest BCUT2D eigenvalue weighted by atomic mass is 127. The molecule has 7 aromatic rings. The van der Waals surface area contributed by atoms with Gasteiger partial charge in [-0.3, -0.25) is 19.2 Å². The van der Waals surface area contributed by atoms with Crippen molar-refractivity contribution in [1.29, 1.82) is 0 Å². The molecule has 306 valence electrons. The van der Waals surface area contributed by atoms with Gasteiger partial charge in [0.2, 0.25) is 0 Å². The van der Waals surface area contributed by atoms with E-state index < -0.39 is 0 Å². The highest BCUT2D eigenvalue weighted by Gasteiger charge is 2.41. The number of nitrogen functional groups attached to an aromatic ring is 2. The molecule has 0 saturated carbocycles. The van der Waals surface area contributed by atoms with Gasteiger partial charge in [-0.15, -0.1) is 0 Å². The molecule has 4 amide bonds. The zero-order chi connectivity index (χ0) is 44.0. The van der Waals surface area contributed by atoms with E-state index in [1.807, 2.05) is 79.7 Å². The summed E-state index contributed by atoms with van der Waals surface area (Å²) >= 11 is 16.2. The maximum atomic E-state index is 14.0. The largest absolute Gasteiger partial charge is 0.399 e. The number of carbonyl (C=O) groups is 4. The summed E-state index contributed by atoms with van der Waals surface area (Å²) in [7, 11) is 0. The molecule has 0 unspecified atom stereocenters. The summed E-state index contributed by atoms with van der Waals surface area (Å²) in [5.74, 6) is -1.40. The van der Waals surface area contributed by atoms with Gasteiger partial charge in [-0.1, -0.05) is 48.5 Å². The van der Waals surface area contributed by atoms with Gasteiger partial charge in [0.25, 0.3) is 23.6 Å². The normalized spacial score (nSPS) is 13.4. The van der Waals surface area contributed by atoms with Crippen LogP contribution in [0.5, 0.6) is 0 Å². The Labute approximate surface area is 451 Å². The van der Waals surface area contributed by atoms with Crippen LogP contribution >= 0.6 is 158 Å². The Hall–Kier alpha value is -2.47. The molecule has 0 aliphatic carbocycles. The lowest BCUT2D eigenvalue weighted by atomic mass is 9.98. The SMILES string of the molecule is Cc1c(I)c(-c2ccc(-c3cc(I)c(N4C(=O)c5ccc(-c6ccc(N)cc6)cc5C4=O)c(I)c3I)c(I)c2I)cc(I)c1N1C(=O)c2ccc(-c3ccc(N)cc3)cc2C1=O. The fourth-order valence-corrected chi connectivity index (χ4v) is 13.8. The molecule has 0 fully saturated rings. The van der Waals surface area contributed by atoms with Crippen LogP contribution in [0.3, 0.4) is 0 Å². The maximum absolute atomic E-state index is 14.0. The van der Waals surface area contributed by atoms with Crippen LogP contribution in [0, 0.1) is 31.9 Å². The summed E-state index contributed by atoms with van der Waals surface area (Å²) in [4.78, 5) is 58.5. The van der Waals surface area contributed by atoms with Crippen molar-refractivity contribution in [2.24, 2.45) is 0 Å². The van der Waals surface area contributed by atoms with Gasteiger partial charge in [0, 0.05) is 32.8 Å². The van der Waals surface area contributed by atoms with Crippen molar-refractivity contribution < 1.29 is 19.2 Å². The lowest BCUT2D eigenvalue weighted by Gasteiger charge is -2.23. The standard InChI is InChI=1S/C47H25I7N4O4/c1-20-37(50)31(18-35(48)42(20)57-44(59)29-12-6-23(16-33(29)46(57)61)21-2-8-25(55)9-3-21)27-14-15-28(39(52)38(27)51)32-19-36(49)43(41(54)40(32)53)58-45(60)30-13-7-24(17-34(30)47(58)62)22-4-10-26(56)11-5-22/h2-19H,55-56H2,1H3. The Morgan fingerprint density at radius 2 is 0.694 bits per heavy atom. The highest BCUT2D eigenvalue weighted by Crippen LogP contribution is 2.47. The molecule has 0 bridgehead atoms. The van der Waals surface area contributed by atoms with Crippen LogP contribution < -0.4 is 21.3 Å². The number of fused-ring (bicyclic) bond motifs is 2. The van der Waals surface area contributed by atoms with E-state index in [1.54, 1.807) is 24.3 Å². The van der Waals surface area contributed by atoms with Crippen LogP contribution in [-0.2, 0) is 0 Å². The molecule has 4 N–H and O–H groups in total. The van der Waals surface area contributed by atoms with Crippen LogP contribution in [0.2, 0.25) is 0 Å². The molecule has 2 aliphatic rings. The topological polar surface area (TPSA) is 127 Å². The monoisotopic (exact) mass is 1600 g/mol. The van der Waals surface area contributed by atoms with Gasteiger partial charge in [0.1, 0.15) is 0 Å². The Morgan fingerprint density at radius 1 is 0.355 bits per heavy atom. The number of anilines is 4. The van der Waals surface area contributed by atoms with E-state index in [9.17, 15) is 19.2 Å². The minimum Gasteiger partial charge on any atom is -0.399 e. The minimum atomic E-state index is -0.354. The third-order valence-electron chi connectivity index (χ3n) is 10.9. The number of halogens is 7. The molecule has 2 heterocycles. The van der Waals surface area contributed by atoms with Gasteiger partial charge in [0.05, 0.1) is 37.2 Å². The zero-order valence-electron chi connectivity index (χ0n) is 31.7. The fourth-order valence-electron chi connectivity index (χ4n) is 7.76. The first-order valence-electron chi connectivity index (χ1n) is 18.5. The van der Waals surface area contributed by atoms with Crippen molar-refractivity contribution >= 4 is 205 Å². The summed E-state index contributed by atoms with van der Waals surface area (Å²) in [5.41, 5.74) is 24.1. The lowest BCUT2D eigenvalue weighted by molar-refractivity contribution is 0.0910. The van der Waals surface area contributed by atoms with Gasteiger partial charge in [-0.2, -0.15) is 0 Å². The average Bonchev–Trinajstić information content (AvgIpc) is 3.65. The number of rotatable bonds is 6. The predicted octanol–water partition coefficient (Wildman–Crippen LogP) is 13.7. The van der Waals surface area contributed by atoms with Crippen LogP contribution in [-0.4, -0.2) is 23.6 Å². The second-order valence-electron chi connectivity index (χ2n) is 14.5. The molecule has 0 saturated heterocycles. The van der Waals surface area contributed by atoms with E-state index >= 15 is 0 Å². The number of hydrogen-bond acceptors (Lipinski definition) is 6. The van der Waals surface area contributed by atoms with Gasteiger partial charge < -0.3 is 11.5 Å². The number of carbonyl (C=O) groups excluding carboxylic acids is 4. The van der Waals surface area contributed by atoms with Crippen molar-refractivity contribution in [2.75, 3.05) is 21.3 Å². The molecule has 2 aliphatic heterocycles. The zero-order valence-corrected chi connectivity index (χ0v) is 46.8. The molecule has 7 aromatic carbocycles. The smallest absolute Gasteiger partial charge is 0.266 e. The molecular formula is C47H25I7N4O4. The highest BCUT2D eigenvalue weighted by molar-refractivity contribution is 14.1. The molecular weight excluding hydrogens is 1570 g/mol. The molecule has 62 heavy (non-hydrogen) atoms. The second-order valence-corrected chi connectivity index (χ2v) is 22.2. The third kappa shape index (κ3) is 7.50. The molecule has 15 heteroatoms. The van der Waals surface area contributed by atoms with E-state index in [0.29, 0.717) is 45.0 Å². The number of benzene rings is 7. The van der Waals surface area contributed by atoms with Crippen LogP contribution in [0.1, 0.15) is 47.0 Å². The average molecular weight is 1600 g/mol. The molecule has 0 radical (unpaired) electrons. The lowest BCUT2D eigenvalue weighted by Crippen LogP contribution is -2.31. The Bertz CT molecular complexity index is 2960. The quantitative estimate of drug-likeness (QED) is 0.0739. The van der Waals surface area contributed by atoms with Crippen molar-refractivity contribution in [3.63, 3.8) is 0 Å². The summed E-state index contributed by atoms with van der Waals surface area (Å²) < 4.78 is 6.29. The number of imide groups is 2. The molecule has 0 aromatic heterocycles. The van der Waals surface area contributed by atoms with E-state index in [2.05, 4.69) is 170 Å². The Balaban J connectivity index is 1.03. The molecule has 8 nitrogen and oxygen atoms in total. The Kier molecular flexibility index (Phi) is 12.5. The van der Waals surface area contributed by atoms with Crippen molar-refractivity contribution in [3.8, 4) is 44.5 Å². The first kappa shape index (κ1) is 44.7. The minimum absolute atomic E-state index is 0.344. The number of nitrogens with zero attached hydrogens (tertiary/aromatic N) is 2. The molecule has 0 spiro atoms. The number of hydrogen-bond donors (Lipinski definition) is 2. The first-order chi connectivity index (χ1) is 29.6. The van der Waals surface area contributed by atoms with E-state index in [1.165, 1.54) is 9.80 Å². The number of amides is 4. The van der Waals surface area contributed by atoms with Gasteiger partial charge in [-0.25, -0.2) is 9.80 Å². The van der Waals surface area contributed by atoms with Gasteiger partial charge in [0.15, 0.2) is 0 Å². The first-order valence-corrected chi connectivity index (χ1v) is 26.0. The van der Waals surface area contributed by atoms with E-state index in [4.69, 9.17) is 11.5 Å². The van der Waals surface area contributed by atoms with Crippen LogP contribution in [0.25, 0.3) is 44.5 Å².